The Balaban J connectivity index is 1.41. The van der Waals surface area contributed by atoms with Gasteiger partial charge in [0.05, 0.1) is 23.4 Å². The van der Waals surface area contributed by atoms with Crippen molar-refractivity contribution in [3.8, 4) is 11.3 Å². The molecule has 244 valence electrons. The maximum atomic E-state index is 13.5. The second kappa shape index (κ2) is 15.2. The monoisotopic (exact) mass is 662 g/mol. The molecule has 0 atom stereocenters. The number of hydrogen-bond acceptors (Lipinski definition) is 6. The van der Waals surface area contributed by atoms with Crippen LogP contribution in [-0.2, 0) is 16.7 Å². The molecule has 3 N–H and O–H groups in total. The fraction of sp³-hybridized carbons (Fsp3) is 0.257. The van der Waals surface area contributed by atoms with Gasteiger partial charge in [0.25, 0.3) is 11.8 Å². The number of carbonyl (C=O) groups is 3. The topological polar surface area (TPSA) is 112 Å². The number of hydrogen-bond donors (Lipinski definition) is 3. The minimum atomic E-state index is -4.55. The third-order valence-corrected chi connectivity index (χ3v) is 8.67. The summed E-state index contributed by atoms with van der Waals surface area (Å²) in [5.74, 6) is -0.799. The Labute approximate surface area is 274 Å². The van der Waals surface area contributed by atoms with E-state index >= 15 is 0 Å². The molecule has 0 aliphatic carbocycles. The number of carboxylic acids is 1. The van der Waals surface area contributed by atoms with Gasteiger partial charge in [-0.1, -0.05) is 18.2 Å². The minimum Gasteiger partial charge on any atom is -0.481 e. The van der Waals surface area contributed by atoms with Gasteiger partial charge in [-0.3, -0.25) is 19.4 Å². The van der Waals surface area contributed by atoms with Crippen molar-refractivity contribution >= 4 is 46.6 Å². The van der Waals surface area contributed by atoms with Gasteiger partial charge < -0.3 is 20.6 Å². The van der Waals surface area contributed by atoms with Gasteiger partial charge in [-0.15, -0.1) is 0 Å². The van der Waals surface area contributed by atoms with Crippen molar-refractivity contribution in [3.05, 3.63) is 107 Å². The van der Waals surface area contributed by atoms with Gasteiger partial charge in [0, 0.05) is 58.9 Å². The second-order valence-electron chi connectivity index (χ2n) is 11.1. The van der Waals surface area contributed by atoms with Crippen molar-refractivity contribution in [1.29, 1.82) is 0 Å². The molecular formula is C35H33F3N4O4S. The van der Waals surface area contributed by atoms with Crippen LogP contribution in [0.2, 0.25) is 0 Å². The summed E-state index contributed by atoms with van der Waals surface area (Å²) >= 11 is 1.47. The largest absolute Gasteiger partial charge is 0.481 e. The molecule has 5 rings (SSSR count). The van der Waals surface area contributed by atoms with E-state index in [1.54, 1.807) is 30.3 Å². The highest BCUT2D eigenvalue weighted by molar-refractivity contribution is 7.98. The Kier molecular flexibility index (Phi) is 10.8. The second-order valence-corrected chi connectivity index (χ2v) is 12.2. The van der Waals surface area contributed by atoms with Crippen LogP contribution in [0.3, 0.4) is 0 Å². The fourth-order valence-corrected chi connectivity index (χ4v) is 6.12. The third-order valence-electron chi connectivity index (χ3n) is 7.64. The lowest BCUT2D eigenvalue weighted by atomic mass is 10.0. The van der Waals surface area contributed by atoms with E-state index in [0.29, 0.717) is 34.0 Å². The average Bonchev–Trinajstić information content (AvgIpc) is 3.07. The lowest BCUT2D eigenvalue weighted by molar-refractivity contribution is -0.138. The van der Waals surface area contributed by atoms with Gasteiger partial charge >= 0.3 is 12.1 Å². The normalized spacial score (nSPS) is 13.2. The number of piperidine rings is 1. The predicted molar refractivity (Wildman–Crippen MR) is 178 cm³/mol. The standard InChI is InChI=1S/C35H33F3N4O4S/c36-35(37,38)26-8-5-9-27(20-26)40-33(45)25-12-14-39-31(19-25)29-21-28(42-15-2-1-3-16-42)10-11-30(29)41-34(46)24-7-4-6-23(18-24)22-47-17-13-32(43)44/h4-12,14,18-21H,1-3,13,15-17,22H2,(H,40,45)(H,41,46)(H,43,44). The van der Waals surface area contributed by atoms with E-state index < -0.39 is 23.6 Å². The van der Waals surface area contributed by atoms with Crippen molar-refractivity contribution in [2.75, 3.05) is 34.4 Å². The van der Waals surface area contributed by atoms with Gasteiger partial charge in [-0.05, 0) is 85.5 Å². The molecule has 1 aromatic heterocycles. The molecule has 2 heterocycles. The summed E-state index contributed by atoms with van der Waals surface area (Å²) in [6.45, 7) is 1.77. The Morgan fingerprint density at radius 1 is 0.851 bits per heavy atom. The van der Waals surface area contributed by atoms with E-state index in [-0.39, 0.29) is 23.6 Å². The lowest BCUT2D eigenvalue weighted by Gasteiger charge is -2.29. The first-order chi connectivity index (χ1) is 22.6. The molecule has 1 aliphatic rings. The molecule has 1 fully saturated rings. The van der Waals surface area contributed by atoms with E-state index in [4.69, 9.17) is 5.11 Å². The summed E-state index contributed by atoms with van der Waals surface area (Å²) in [4.78, 5) is 44.2. The molecule has 1 saturated heterocycles. The van der Waals surface area contributed by atoms with Crippen molar-refractivity contribution in [1.82, 2.24) is 4.98 Å². The van der Waals surface area contributed by atoms with Crippen LogP contribution in [0, 0.1) is 0 Å². The molecule has 0 spiro atoms. The summed E-state index contributed by atoms with van der Waals surface area (Å²) in [7, 11) is 0. The number of nitrogens with one attached hydrogen (secondary N) is 2. The van der Waals surface area contributed by atoms with Crippen LogP contribution in [0.4, 0.5) is 30.2 Å². The lowest BCUT2D eigenvalue weighted by Crippen LogP contribution is -2.29. The number of alkyl halides is 3. The van der Waals surface area contributed by atoms with Crippen molar-refractivity contribution in [3.63, 3.8) is 0 Å². The number of thioether (sulfide) groups is 1. The summed E-state index contributed by atoms with van der Waals surface area (Å²) in [5.41, 5.74) is 3.02. The van der Waals surface area contributed by atoms with Crippen LogP contribution in [0.5, 0.6) is 0 Å². The molecule has 0 unspecified atom stereocenters. The Morgan fingerprint density at radius 2 is 1.60 bits per heavy atom. The summed E-state index contributed by atoms with van der Waals surface area (Å²) < 4.78 is 39.6. The number of aromatic nitrogens is 1. The quantitative estimate of drug-likeness (QED) is 0.140. The fourth-order valence-electron chi connectivity index (χ4n) is 5.24. The van der Waals surface area contributed by atoms with Gasteiger partial charge in [0.15, 0.2) is 0 Å². The van der Waals surface area contributed by atoms with Crippen LogP contribution >= 0.6 is 11.8 Å². The number of halogens is 3. The van der Waals surface area contributed by atoms with Crippen LogP contribution in [0.1, 0.15) is 57.5 Å². The Hall–Kier alpha value is -4.84. The number of anilines is 3. The van der Waals surface area contributed by atoms with E-state index in [1.807, 2.05) is 18.2 Å². The van der Waals surface area contributed by atoms with Crippen molar-refractivity contribution < 1.29 is 32.7 Å². The first-order valence-electron chi connectivity index (χ1n) is 15.1. The van der Waals surface area contributed by atoms with Gasteiger partial charge in [-0.25, -0.2) is 0 Å². The zero-order valence-corrected chi connectivity index (χ0v) is 26.2. The number of pyridine rings is 1. The van der Waals surface area contributed by atoms with Gasteiger partial charge in [0.2, 0.25) is 0 Å². The molecule has 4 aromatic rings. The molecule has 0 radical (unpaired) electrons. The van der Waals surface area contributed by atoms with Gasteiger partial charge in [-0.2, -0.15) is 24.9 Å². The van der Waals surface area contributed by atoms with E-state index in [9.17, 15) is 27.6 Å². The first kappa shape index (κ1) is 33.5. The van der Waals surface area contributed by atoms with Crippen molar-refractivity contribution in [2.24, 2.45) is 0 Å². The molecule has 12 heteroatoms. The highest BCUT2D eigenvalue weighted by Gasteiger charge is 2.30. The summed E-state index contributed by atoms with van der Waals surface area (Å²) in [6.07, 6.45) is 0.223. The number of rotatable bonds is 11. The van der Waals surface area contributed by atoms with Crippen molar-refractivity contribution in [2.45, 2.75) is 37.6 Å². The maximum Gasteiger partial charge on any atom is 0.416 e. The smallest absolute Gasteiger partial charge is 0.416 e. The summed E-state index contributed by atoms with van der Waals surface area (Å²) in [5, 5.41) is 14.4. The zero-order valence-electron chi connectivity index (χ0n) is 25.3. The molecule has 0 saturated carbocycles. The highest BCUT2D eigenvalue weighted by atomic mass is 32.2. The number of nitrogens with zero attached hydrogens (tertiary/aromatic N) is 2. The molecule has 8 nitrogen and oxygen atoms in total. The molecule has 47 heavy (non-hydrogen) atoms. The molecule has 3 aromatic carbocycles. The molecule has 2 amide bonds. The average molecular weight is 663 g/mol. The van der Waals surface area contributed by atoms with Crippen LogP contribution in [-0.4, -0.2) is 46.7 Å². The zero-order chi connectivity index (χ0) is 33.4. The maximum absolute atomic E-state index is 13.5. The SMILES string of the molecule is O=C(O)CCSCc1cccc(C(=O)Nc2ccc(N3CCCCC3)cc2-c2cc(C(=O)Nc3cccc(C(F)(F)F)c3)ccn2)c1. The van der Waals surface area contributed by atoms with E-state index in [1.165, 1.54) is 36.2 Å². The number of aliphatic carboxylic acids is 1. The summed E-state index contributed by atoms with van der Waals surface area (Å²) in [6, 6.07) is 20.2. The van der Waals surface area contributed by atoms with Crippen LogP contribution in [0.25, 0.3) is 11.3 Å². The molecule has 1 aliphatic heterocycles. The van der Waals surface area contributed by atoms with E-state index in [2.05, 4.69) is 20.5 Å². The predicted octanol–water partition coefficient (Wildman–Crippen LogP) is 7.97. The Bertz CT molecular complexity index is 1760. The third kappa shape index (κ3) is 9.13. The number of benzene rings is 3. The number of amides is 2. The number of carboxylic acid groups (broad SMARTS) is 1. The van der Waals surface area contributed by atoms with Gasteiger partial charge in [0.1, 0.15) is 0 Å². The minimum absolute atomic E-state index is 0.00533. The highest BCUT2D eigenvalue weighted by Crippen LogP contribution is 2.34. The number of carbonyl (C=O) groups excluding carboxylic acids is 2. The first-order valence-corrected chi connectivity index (χ1v) is 16.3. The van der Waals surface area contributed by atoms with Crippen LogP contribution < -0.4 is 15.5 Å². The molecule has 0 bridgehead atoms. The van der Waals surface area contributed by atoms with Crippen LogP contribution in [0.15, 0.2) is 85.1 Å². The molecular weight excluding hydrogens is 629 g/mol. The van der Waals surface area contributed by atoms with E-state index in [0.717, 1.165) is 55.7 Å². The Morgan fingerprint density at radius 3 is 2.36 bits per heavy atom.